The van der Waals surface area contributed by atoms with Gasteiger partial charge in [-0.1, -0.05) is 19.3 Å². The number of carbonyl (C=O) groups excluding carboxylic acids is 1. The van der Waals surface area contributed by atoms with Crippen LogP contribution in [0, 0.1) is 5.92 Å². The van der Waals surface area contributed by atoms with Crippen LogP contribution in [0.5, 0.6) is 0 Å². The molecule has 0 bridgehead atoms. The van der Waals surface area contributed by atoms with Crippen molar-refractivity contribution in [2.24, 2.45) is 11.7 Å². The topological polar surface area (TPSA) is 72.9 Å². The summed E-state index contributed by atoms with van der Waals surface area (Å²) in [6, 6.07) is -0.00581. The van der Waals surface area contributed by atoms with Crippen LogP contribution in [0.1, 0.15) is 39.0 Å². The van der Waals surface area contributed by atoms with Crippen LogP contribution in [0.4, 0.5) is 5.69 Å². The first-order valence-electron chi connectivity index (χ1n) is 6.79. The summed E-state index contributed by atoms with van der Waals surface area (Å²) >= 11 is 0. The Labute approximate surface area is 108 Å². The van der Waals surface area contributed by atoms with E-state index < -0.39 is 0 Å². The summed E-state index contributed by atoms with van der Waals surface area (Å²) in [5, 5.41) is 7.06. The van der Waals surface area contributed by atoms with Gasteiger partial charge >= 0.3 is 0 Å². The number of rotatable bonds is 3. The van der Waals surface area contributed by atoms with Crippen LogP contribution in [-0.4, -0.2) is 21.7 Å². The molecule has 0 saturated heterocycles. The van der Waals surface area contributed by atoms with Crippen molar-refractivity contribution < 1.29 is 4.79 Å². The molecule has 1 aromatic rings. The second kappa shape index (κ2) is 6.00. The van der Waals surface area contributed by atoms with Crippen LogP contribution in [0.3, 0.4) is 0 Å². The molecule has 2 unspecified atom stereocenters. The van der Waals surface area contributed by atoms with Gasteiger partial charge in [-0.25, -0.2) is 0 Å². The summed E-state index contributed by atoms with van der Waals surface area (Å²) in [5.41, 5.74) is 6.85. The zero-order valence-corrected chi connectivity index (χ0v) is 10.9. The lowest BCUT2D eigenvalue weighted by molar-refractivity contribution is -0.120. The quantitative estimate of drug-likeness (QED) is 0.803. The second-order valence-electron chi connectivity index (χ2n) is 4.98. The van der Waals surface area contributed by atoms with Crippen molar-refractivity contribution in [3.05, 3.63) is 12.4 Å². The number of hydrogen-bond acceptors (Lipinski definition) is 3. The Hall–Kier alpha value is -1.36. The van der Waals surface area contributed by atoms with E-state index in [2.05, 4.69) is 10.4 Å². The molecule has 100 valence electrons. The molecule has 0 spiro atoms. The van der Waals surface area contributed by atoms with Crippen molar-refractivity contribution >= 4 is 11.6 Å². The van der Waals surface area contributed by atoms with Gasteiger partial charge < -0.3 is 11.1 Å². The molecular weight excluding hydrogens is 228 g/mol. The van der Waals surface area contributed by atoms with Crippen molar-refractivity contribution in [2.75, 3.05) is 5.32 Å². The fourth-order valence-electron chi connectivity index (χ4n) is 2.50. The van der Waals surface area contributed by atoms with Gasteiger partial charge in [-0.2, -0.15) is 5.10 Å². The summed E-state index contributed by atoms with van der Waals surface area (Å²) in [5.74, 6) is -0.0162. The maximum atomic E-state index is 12.2. The minimum atomic E-state index is -0.0579. The van der Waals surface area contributed by atoms with Gasteiger partial charge in [0, 0.05) is 18.8 Å². The SMILES string of the molecule is CCn1cc(NC(=O)C2CCCCCC2N)cn1. The fourth-order valence-corrected chi connectivity index (χ4v) is 2.50. The number of amides is 1. The van der Waals surface area contributed by atoms with E-state index in [1.165, 1.54) is 6.42 Å². The highest BCUT2D eigenvalue weighted by atomic mass is 16.1. The predicted molar refractivity (Wildman–Crippen MR) is 71.1 cm³/mol. The van der Waals surface area contributed by atoms with E-state index in [9.17, 15) is 4.79 Å². The Balaban J connectivity index is 1.97. The molecule has 3 N–H and O–H groups in total. The third kappa shape index (κ3) is 3.10. The molecule has 18 heavy (non-hydrogen) atoms. The number of hydrogen-bond donors (Lipinski definition) is 2. The van der Waals surface area contributed by atoms with E-state index in [4.69, 9.17) is 5.73 Å². The van der Waals surface area contributed by atoms with E-state index in [1.54, 1.807) is 10.9 Å². The average Bonchev–Trinajstić information content (AvgIpc) is 2.69. The molecular formula is C13H22N4O. The highest BCUT2D eigenvalue weighted by Crippen LogP contribution is 2.23. The van der Waals surface area contributed by atoms with Gasteiger partial charge in [0.1, 0.15) is 0 Å². The first-order chi connectivity index (χ1) is 8.70. The molecule has 1 aliphatic rings. The molecule has 2 rings (SSSR count). The van der Waals surface area contributed by atoms with Crippen LogP contribution < -0.4 is 11.1 Å². The Bertz CT molecular complexity index is 401. The lowest BCUT2D eigenvalue weighted by Gasteiger charge is -2.19. The van der Waals surface area contributed by atoms with Gasteiger partial charge in [-0.3, -0.25) is 9.48 Å². The van der Waals surface area contributed by atoms with Gasteiger partial charge in [-0.15, -0.1) is 0 Å². The Kier molecular flexibility index (Phi) is 4.36. The lowest BCUT2D eigenvalue weighted by atomic mass is 9.94. The monoisotopic (exact) mass is 250 g/mol. The average molecular weight is 250 g/mol. The molecule has 1 amide bonds. The molecule has 0 aliphatic heterocycles. The number of nitrogens with zero attached hydrogens (tertiary/aromatic N) is 2. The van der Waals surface area contributed by atoms with E-state index in [-0.39, 0.29) is 17.9 Å². The number of carbonyl (C=O) groups is 1. The van der Waals surface area contributed by atoms with Crippen LogP contribution >= 0.6 is 0 Å². The molecule has 0 radical (unpaired) electrons. The van der Waals surface area contributed by atoms with Crippen LogP contribution in [0.25, 0.3) is 0 Å². The zero-order valence-electron chi connectivity index (χ0n) is 10.9. The number of aromatic nitrogens is 2. The fraction of sp³-hybridized carbons (Fsp3) is 0.692. The number of anilines is 1. The Morgan fingerprint density at radius 3 is 3.00 bits per heavy atom. The third-order valence-electron chi connectivity index (χ3n) is 3.63. The van der Waals surface area contributed by atoms with Gasteiger partial charge in [0.15, 0.2) is 0 Å². The summed E-state index contributed by atoms with van der Waals surface area (Å²) in [7, 11) is 0. The molecule has 1 heterocycles. The molecule has 5 heteroatoms. The Morgan fingerprint density at radius 2 is 2.28 bits per heavy atom. The number of nitrogens with two attached hydrogens (primary N) is 1. The van der Waals surface area contributed by atoms with Gasteiger partial charge in [0.2, 0.25) is 5.91 Å². The molecule has 2 atom stereocenters. The first-order valence-corrected chi connectivity index (χ1v) is 6.79. The zero-order chi connectivity index (χ0) is 13.0. The van der Waals surface area contributed by atoms with Crippen molar-refractivity contribution in [1.29, 1.82) is 0 Å². The summed E-state index contributed by atoms with van der Waals surface area (Å²) in [4.78, 5) is 12.2. The molecule has 1 aromatic heterocycles. The molecule has 1 aliphatic carbocycles. The number of aryl methyl sites for hydroxylation is 1. The maximum absolute atomic E-state index is 12.2. The standard InChI is InChI=1S/C13H22N4O/c1-2-17-9-10(8-15-17)16-13(18)11-6-4-3-5-7-12(11)14/h8-9,11-12H,2-7,14H2,1H3,(H,16,18). The van der Waals surface area contributed by atoms with Gasteiger partial charge in [-0.05, 0) is 19.8 Å². The largest absolute Gasteiger partial charge is 0.327 e. The van der Waals surface area contributed by atoms with Crippen molar-refractivity contribution in [1.82, 2.24) is 9.78 Å². The van der Waals surface area contributed by atoms with E-state index in [1.807, 2.05) is 13.1 Å². The smallest absolute Gasteiger partial charge is 0.229 e. The molecule has 1 saturated carbocycles. The van der Waals surface area contributed by atoms with Crippen LogP contribution in [-0.2, 0) is 11.3 Å². The third-order valence-corrected chi connectivity index (χ3v) is 3.63. The van der Waals surface area contributed by atoms with Crippen LogP contribution in [0.2, 0.25) is 0 Å². The van der Waals surface area contributed by atoms with Crippen molar-refractivity contribution in [2.45, 2.75) is 51.6 Å². The first kappa shape index (κ1) is 13.1. The minimum Gasteiger partial charge on any atom is -0.327 e. The highest BCUT2D eigenvalue weighted by Gasteiger charge is 2.27. The normalized spacial score (nSPS) is 24.6. The van der Waals surface area contributed by atoms with Crippen molar-refractivity contribution in [3.63, 3.8) is 0 Å². The molecule has 0 aromatic carbocycles. The van der Waals surface area contributed by atoms with E-state index in [0.717, 1.165) is 37.9 Å². The maximum Gasteiger partial charge on any atom is 0.229 e. The Morgan fingerprint density at radius 1 is 1.50 bits per heavy atom. The summed E-state index contributed by atoms with van der Waals surface area (Å²) < 4.78 is 1.79. The van der Waals surface area contributed by atoms with E-state index >= 15 is 0 Å². The van der Waals surface area contributed by atoms with Gasteiger partial charge in [0.25, 0.3) is 0 Å². The molecule has 5 nitrogen and oxygen atoms in total. The highest BCUT2D eigenvalue weighted by molar-refractivity contribution is 5.92. The molecule has 1 fully saturated rings. The summed E-state index contributed by atoms with van der Waals surface area (Å²) in [6.07, 6.45) is 8.80. The van der Waals surface area contributed by atoms with Gasteiger partial charge in [0.05, 0.1) is 17.8 Å². The second-order valence-corrected chi connectivity index (χ2v) is 4.98. The summed E-state index contributed by atoms with van der Waals surface area (Å²) in [6.45, 7) is 2.82. The van der Waals surface area contributed by atoms with Crippen LogP contribution in [0.15, 0.2) is 12.4 Å². The lowest BCUT2D eigenvalue weighted by Crippen LogP contribution is -2.37. The minimum absolute atomic E-state index is 0.00581. The predicted octanol–water partition coefficient (Wildman–Crippen LogP) is 1.75. The van der Waals surface area contributed by atoms with E-state index in [0.29, 0.717) is 0 Å². The number of nitrogens with one attached hydrogen (secondary N) is 1. The van der Waals surface area contributed by atoms with Crippen molar-refractivity contribution in [3.8, 4) is 0 Å².